The van der Waals surface area contributed by atoms with Crippen LogP contribution >= 0.6 is 11.8 Å². The first kappa shape index (κ1) is 17.9. The highest BCUT2D eigenvalue weighted by Crippen LogP contribution is 2.20. The number of hydrogen-bond acceptors (Lipinski definition) is 4. The largest absolute Gasteiger partial charge is 0.384 e. The molecule has 1 rings (SSSR count). The normalized spacial score (nSPS) is 11.0. The molecule has 21 heavy (non-hydrogen) atoms. The maximum atomic E-state index is 13.8. The molecule has 1 aromatic carbocycles. The Bertz CT molecular complexity index is 651. The molecule has 0 aliphatic rings. The maximum Gasteiger partial charge on any atom is 0.244 e. The standard InChI is InChI=1S/C13H15F2NO3S2/c1-20-7-3-5-16-21(18,19)13-10(4-2-6-17)8-11(14)9-12(13)15/h8-9,16-17H,3,5-7H2,1H3. The fourth-order valence-electron chi connectivity index (χ4n) is 1.56. The number of thioether (sulfide) groups is 1. The fourth-order valence-corrected chi connectivity index (χ4v) is 3.26. The number of nitrogens with one attached hydrogen (secondary N) is 1. The average molecular weight is 335 g/mol. The third kappa shape index (κ3) is 5.28. The molecule has 0 aliphatic heterocycles. The Morgan fingerprint density at radius 2 is 2.10 bits per heavy atom. The minimum atomic E-state index is -4.13. The molecule has 0 saturated heterocycles. The van der Waals surface area contributed by atoms with Crippen LogP contribution in [0.25, 0.3) is 0 Å². The van der Waals surface area contributed by atoms with Gasteiger partial charge >= 0.3 is 0 Å². The summed E-state index contributed by atoms with van der Waals surface area (Å²) >= 11 is 1.56. The van der Waals surface area contributed by atoms with E-state index in [9.17, 15) is 17.2 Å². The van der Waals surface area contributed by atoms with Crippen molar-refractivity contribution in [3.05, 3.63) is 29.3 Å². The second-order valence-corrected chi connectivity index (χ2v) is 6.66. The summed E-state index contributed by atoms with van der Waals surface area (Å²) in [6.07, 6.45) is 2.47. The molecule has 0 spiro atoms. The van der Waals surface area contributed by atoms with Gasteiger partial charge in [-0.1, -0.05) is 11.8 Å². The number of halogens is 2. The van der Waals surface area contributed by atoms with Crippen molar-refractivity contribution in [3.8, 4) is 11.8 Å². The molecule has 0 saturated carbocycles. The lowest BCUT2D eigenvalue weighted by Gasteiger charge is -2.09. The molecular weight excluding hydrogens is 320 g/mol. The van der Waals surface area contributed by atoms with E-state index in [1.807, 2.05) is 6.26 Å². The summed E-state index contributed by atoms with van der Waals surface area (Å²) in [6.45, 7) is -0.397. The molecule has 8 heteroatoms. The predicted molar refractivity (Wildman–Crippen MR) is 78.5 cm³/mol. The smallest absolute Gasteiger partial charge is 0.244 e. The zero-order valence-electron chi connectivity index (χ0n) is 11.3. The van der Waals surface area contributed by atoms with Gasteiger partial charge in [-0.15, -0.1) is 0 Å². The van der Waals surface area contributed by atoms with Crippen LogP contribution in [0.5, 0.6) is 0 Å². The summed E-state index contributed by atoms with van der Waals surface area (Å²) in [7, 11) is -4.13. The Labute approximate surface area is 127 Å². The highest BCUT2D eigenvalue weighted by molar-refractivity contribution is 7.98. The SMILES string of the molecule is CSCCCNS(=O)(=O)c1c(F)cc(F)cc1C#CCO. The molecule has 0 aliphatic carbocycles. The zero-order chi connectivity index (χ0) is 15.9. The van der Waals surface area contributed by atoms with E-state index in [0.29, 0.717) is 12.5 Å². The van der Waals surface area contributed by atoms with Gasteiger partial charge in [0.1, 0.15) is 23.1 Å². The number of aliphatic hydroxyl groups excluding tert-OH is 1. The molecule has 0 aromatic heterocycles. The van der Waals surface area contributed by atoms with Gasteiger partial charge in [-0.2, -0.15) is 11.8 Å². The molecule has 0 fully saturated rings. The van der Waals surface area contributed by atoms with Gasteiger partial charge in [0, 0.05) is 12.6 Å². The van der Waals surface area contributed by atoms with Crippen molar-refractivity contribution in [1.29, 1.82) is 0 Å². The fraction of sp³-hybridized carbons (Fsp3) is 0.385. The quantitative estimate of drug-likeness (QED) is 0.608. The van der Waals surface area contributed by atoms with Crippen LogP contribution in [0.1, 0.15) is 12.0 Å². The monoisotopic (exact) mass is 335 g/mol. The lowest BCUT2D eigenvalue weighted by molar-refractivity contribution is 0.350. The Morgan fingerprint density at radius 3 is 2.71 bits per heavy atom. The van der Waals surface area contributed by atoms with E-state index in [1.54, 1.807) is 11.8 Å². The first-order chi connectivity index (χ1) is 9.92. The van der Waals surface area contributed by atoms with Gasteiger partial charge in [-0.3, -0.25) is 0 Å². The second-order valence-electron chi connectivity index (χ2n) is 3.97. The highest BCUT2D eigenvalue weighted by Gasteiger charge is 2.23. The van der Waals surface area contributed by atoms with E-state index < -0.39 is 33.2 Å². The van der Waals surface area contributed by atoms with Crippen LogP contribution in [0, 0.1) is 23.5 Å². The van der Waals surface area contributed by atoms with Gasteiger partial charge in [0.25, 0.3) is 0 Å². The third-order valence-electron chi connectivity index (χ3n) is 2.40. The number of rotatable bonds is 6. The van der Waals surface area contributed by atoms with Crippen molar-refractivity contribution in [2.24, 2.45) is 0 Å². The van der Waals surface area contributed by atoms with Crippen LogP contribution in [0.2, 0.25) is 0 Å². The number of sulfonamides is 1. The third-order valence-corrected chi connectivity index (χ3v) is 4.63. The van der Waals surface area contributed by atoms with Crippen molar-refractivity contribution in [2.45, 2.75) is 11.3 Å². The summed E-state index contributed by atoms with van der Waals surface area (Å²) in [5.74, 6) is 3.04. The van der Waals surface area contributed by atoms with Crippen LogP contribution < -0.4 is 4.72 Å². The van der Waals surface area contributed by atoms with E-state index in [4.69, 9.17) is 5.11 Å². The van der Waals surface area contributed by atoms with Gasteiger partial charge < -0.3 is 5.11 Å². The van der Waals surface area contributed by atoms with Crippen LogP contribution in [-0.4, -0.2) is 38.7 Å². The van der Waals surface area contributed by atoms with E-state index >= 15 is 0 Å². The molecule has 0 atom stereocenters. The lowest BCUT2D eigenvalue weighted by atomic mass is 10.2. The van der Waals surface area contributed by atoms with E-state index in [1.165, 1.54) is 0 Å². The molecular formula is C13H15F2NO3S2. The van der Waals surface area contributed by atoms with Crippen molar-refractivity contribution in [3.63, 3.8) is 0 Å². The topological polar surface area (TPSA) is 66.4 Å². The molecule has 0 heterocycles. The summed E-state index contributed by atoms with van der Waals surface area (Å²) in [5, 5.41) is 8.63. The molecule has 0 bridgehead atoms. The molecule has 116 valence electrons. The highest BCUT2D eigenvalue weighted by atomic mass is 32.2. The molecule has 2 N–H and O–H groups in total. The molecule has 1 aromatic rings. The number of hydrogen-bond donors (Lipinski definition) is 2. The summed E-state index contributed by atoms with van der Waals surface area (Å²) in [6, 6.07) is 1.31. The Kier molecular flexibility index (Phi) is 7.11. The van der Waals surface area contributed by atoms with Gasteiger partial charge in [0.05, 0.1) is 5.56 Å². The summed E-state index contributed by atoms with van der Waals surface area (Å²) in [4.78, 5) is -0.700. The Morgan fingerprint density at radius 1 is 1.38 bits per heavy atom. The van der Waals surface area contributed by atoms with Crippen LogP contribution in [-0.2, 0) is 10.0 Å². The van der Waals surface area contributed by atoms with Crippen molar-refractivity contribution < 1.29 is 22.3 Å². The van der Waals surface area contributed by atoms with Crippen molar-refractivity contribution in [1.82, 2.24) is 4.72 Å². The number of benzene rings is 1. The number of aliphatic hydroxyl groups is 1. The summed E-state index contributed by atoms with van der Waals surface area (Å²) in [5.41, 5.74) is -0.320. The van der Waals surface area contributed by atoms with Crippen LogP contribution in [0.3, 0.4) is 0 Å². The molecule has 4 nitrogen and oxygen atoms in total. The van der Waals surface area contributed by atoms with E-state index in [0.717, 1.165) is 11.8 Å². The average Bonchev–Trinajstić information content (AvgIpc) is 2.40. The van der Waals surface area contributed by atoms with E-state index in [-0.39, 0.29) is 12.1 Å². The molecule has 0 radical (unpaired) electrons. The van der Waals surface area contributed by atoms with Crippen molar-refractivity contribution in [2.75, 3.05) is 25.2 Å². The first-order valence-corrected chi connectivity index (χ1v) is 8.87. The lowest BCUT2D eigenvalue weighted by Crippen LogP contribution is -2.27. The predicted octanol–water partition coefficient (Wildman–Crippen LogP) is 1.34. The van der Waals surface area contributed by atoms with Gasteiger partial charge in [-0.25, -0.2) is 21.9 Å². The first-order valence-electron chi connectivity index (χ1n) is 5.99. The van der Waals surface area contributed by atoms with E-state index in [2.05, 4.69) is 16.6 Å². The van der Waals surface area contributed by atoms with Gasteiger partial charge in [0.2, 0.25) is 10.0 Å². The van der Waals surface area contributed by atoms with Crippen molar-refractivity contribution >= 4 is 21.8 Å². The van der Waals surface area contributed by atoms with Crippen LogP contribution in [0.4, 0.5) is 8.78 Å². The second kappa shape index (κ2) is 8.34. The molecule has 0 amide bonds. The minimum Gasteiger partial charge on any atom is -0.384 e. The van der Waals surface area contributed by atoms with Gasteiger partial charge in [0.15, 0.2) is 0 Å². The minimum absolute atomic E-state index is 0.146. The Hall–Kier alpha value is -1.14. The maximum absolute atomic E-state index is 13.8. The zero-order valence-corrected chi connectivity index (χ0v) is 13.0. The Balaban J connectivity index is 3.15. The summed E-state index contributed by atoms with van der Waals surface area (Å²) < 4.78 is 53.5. The van der Waals surface area contributed by atoms with Gasteiger partial charge in [-0.05, 0) is 24.5 Å². The van der Waals surface area contributed by atoms with Crippen LogP contribution in [0.15, 0.2) is 17.0 Å². The molecule has 0 unspecified atom stereocenters.